The Morgan fingerprint density at radius 1 is 1.67 bits per heavy atom. The van der Waals surface area contributed by atoms with Crippen LogP contribution in [0.5, 0.6) is 0 Å². The second-order valence-electron chi connectivity index (χ2n) is 3.11. The van der Waals surface area contributed by atoms with Crippen LogP contribution in [0.2, 0.25) is 5.02 Å². The highest BCUT2D eigenvalue weighted by Gasteiger charge is 2.12. The molecule has 0 amide bonds. The van der Waals surface area contributed by atoms with E-state index in [1.54, 1.807) is 0 Å². The van der Waals surface area contributed by atoms with Gasteiger partial charge in [0.1, 0.15) is 5.82 Å². The van der Waals surface area contributed by atoms with Crippen molar-refractivity contribution in [1.82, 2.24) is 4.98 Å². The highest BCUT2D eigenvalue weighted by atomic mass is 35.5. The number of aromatic nitrogens is 1. The average Bonchev–Trinajstić information content (AvgIpc) is 2.20. The summed E-state index contributed by atoms with van der Waals surface area (Å²) >= 11 is 5.88. The van der Waals surface area contributed by atoms with E-state index in [0.29, 0.717) is 5.82 Å². The third-order valence-corrected chi connectivity index (χ3v) is 2.33. The molecule has 15 heavy (non-hydrogen) atoms. The first-order chi connectivity index (χ1) is 7.16. The largest absolute Gasteiger partial charge is 0.478 e. The molecule has 1 heterocycles. The van der Waals surface area contributed by atoms with Gasteiger partial charge >= 0.3 is 5.97 Å². The Balaban J connectivity index is 2.80. The van der Waals surface area contributed by atoms with Gasteiger partial charge in [-0.3, -0.25) is 0 Å². The number of carboxylic acid groups (broad SMARTS) is 1. The van der Waals surface area contributed by atoms with Crippen molar-refractivity contribution in [2.45, 2.75) is 19.8 Å². The Morgan fingerprint density at radius 3 is 3.00 bits per heavy atom. The molecule has 0 fully saturated rings. The highest BCUT2D eigenvalue weighted by molar-refractivity contribution is 6.35. The lowest BCUT2D eigenvalue weighted by Gasteiger charge is -2.07. The van der Waals surface area contributed by atoms with Crippen LogP contribution >= 0.6 is 11.6 Å². The lowest BCUT2D eigenvalue weighted by atomic mass is 10.2. The van der Waals surface area contributed by atoms with Crippen molar-refractivity contribution in [2.24, 2.45) is 0 Å². The highest BCUT2D eigenvalue weighted by Crippen LogP contribution is 2.23. The number of nitrogens with one attached hydrogen (secondary N) is 1. The van der Waals surface area contributed by atoms with Gasteiger partial charge in [-0.05, 0) is 12.5 Å². The van der Waals surface area contributed by atoms with E-state index in [0.717, 1.165) is 19.4 Å². The first kappa shape index (κ1) is 11.8. The van der Waals surface area contributed by atoms with Crippen LogP contribution < -0.4 is 5.32 Å². The van der Waals surface area contributed by atoms with E-state index in [2.05, 4.69) is 17.2 Å². The minimum atomic E-state index is -1.04. The molecule has 1 aromatic heterocycles. The topological polar surface area (TPSA) is 62.2 Å². The average molecular weight is 229 g/mol. The zero-order chi connectivity index (χ0) is 11.3. The Hall–Kier alpha value is -1.29. The minimum Gasteiger partial charge on any atom is -0.478 e. The van der Waals surface area contributed by atoms with E-state index in [9.17, 15) is 4.79 Å². The Kier molecular flexibility index (Phi) is 4.37. The molecule has 4 nitrogen and oxygen atoms in total. The van der Waals surface area contributed by atoms with E-state index >= 15 is 0 Å². The number of aromatic carboxylic acids is 1. The molecule has 0 radical (unpaired) electrons. The Morgan fingerprint density at radius 2 is 2.40 bits per heavy atom. The smallest absolute Gasteiger partial charge is 0.337 e. The number of nitrogens with zero attached hydrogens (tertiary/aromatic N) is 1. The zero-order valence-electron chi connectivity index (χ0n) is 8.46. The summed E-state index contributed by atoms with van der Waals surface area (Å²) in [5.74, 6) is -0.606. The van der Waals surface area contributed by atoms with Crippen LogP contribution in [0.25, 0.3) is 0 Å². The van der Waals surface area contributed by atoms with Crippen molar-refractivity contribution >= 4 is 23.4 Å². The molecule has 0 aliphatic carbocycles. The predicted molar refractivity (Wildman–Crippen MR) is 59.6 cm³/mol. The second-order valence-corrected chi connectivity index (χ2v) is 3.48. The van der Waals surface area contributed by atoms with Crippen LogP contribution in [0.4, 0.5) is 5.82 Å². The monoisotopic (exact) mass is 228 g/mol. The summed E-state index contributed by atoms with van der Waals surface area (Å²) in [6.45, 7) is 2.82. The quantitative estimate of drug-likeness (QED) is 0.761. The summed E-state index contributed by atoms with van der Waals surface area (Å²) in [4.78, 5) is 14.8. The van der Waals surface area contributed by atoms with E-state index in [1.807, 2.05) is 0 Å². The molecule has 82 valence electrons. The minimum absolute atomic E-state index is 0.0747. The number of rotatable bonds is 5. The van der Waals surface area contributed by atoms with Crippen molar-refractivity contribution in [2.75, 3.05) is 11.9 Å². The molecular formula is C10H13ClN2O2. The maximum atomic E-state index is 10.8. The van der Waals surface area contributed by atoms with Gasteiger partial charge in [0, 0.05) is 12.7 Å². The van der Waals surface area contributed by atoms with Crippen LogP contribution in [0.1, 0.15) is 30.1 Å². The van der Waals surface area contributed by atoms with Crippen molar-refractivity contribution in [3.63, 3.8) is 0 Å². The van der Waals surface area contributed by atoms with Gasteiger partial charge in [0.2, 0.25) is 0 Å². The normalized spacial score (nSPS) is 10.0. The number of unbranched alkanes of at least 4 members (excludes halogenated alkanes) is 1. The van der Waals surface area contributed by atoms with Crippen molar-refractivity contribution in [3.05, 3.63) is 22.8 Å². The molecule has 2 N–H and O–H groups in total. The number of hydrogen-bond donors (Lipinski definition) is 2. The van der Waals surface area contributed by atoms with Crippen LogP contribution in [0.3, 0.4) is 0 Å². The molecule has 0 aliphatic rings. The number of halogens is 1. The molecule has 0 atom stereocenters. The molecule has 1 rings (SSSR count). The van der Waals surface area contributed by atoms with Gasteiger partial charge in [-0.15, -0.1) is 0 Å². The molecule has 5 heteroatoms. The van der Waals surface area contributed by atoms with Crippen molar-refractivity contribution < 1.29 is 9.90 Å². The van der Waals surface area contributed by atoms with Crippen LogP contribution in [0, 0.1) is 0 Å². The van der Waals surface area contributed by atoms with Gasteiger partial charge in [-0.2, -0.15) is 0 Å². The number of carbonyl (C=O) groups is 1. The third-order valence-electron chi connectivity index (χ3n) is 1.94. The molecule has 0 saturated heterocycles. The van der Waals surface area contributed by atoms with Gasteiger partial charge in [0.15, 0.2) is 0 Å². The van der Waals surface area contributed by atoms with E-state index < -0.39 is 5.97 Å². The fourth-order valence-electron chi connectivity index (χ4n) is 1.12. The fraction of sp³-hybridized carbons (Fsp3) is 0.400. The molecule has 1 aromatic rings. The maximum absolute atomic E-state index is 10.8. The van der Waals surface area contributed by atoms with Gasteiger partial charge in [-0.25, -0.2) is 9.78 Å². The maximum Gasteiger partial charge on any atom is 0.337 e. The SMILES string of the molecule is CCCCNc1nccc(C(=O)O)c1Cl. The van der Waals surface area contributed by atoms with Crippen LogP contribution in [-0.4, -0.2) is 22.6 Å². The summed E-state index contributed by atoms with van der Waals surface area (Å²) in [5.41, 5.74) is 0.0747. The predicted octanol–water partition coefficient (Wildman–Crippen LogP) is 2.65. The molecule has 0 spiro atoms. The zero-order valence-corrected chi connectivity index (χ0v) is 9.21. The van der Waals surface area contributed by atoms with Crippen LogP contribution in [-0.2, 0) is 0 Å². The number of carboxylic acids is 1. The summed E-state index contributed by atoms with van der Waals surface area (Å²) in [6, 6.07) is 1.38. The third kappa shape index (κ3) is 3.09. The number of hydrogen-bond acceptors (Lipinski definition) is 3. The molecule has 0 unspecified atom stereocenters. The van der Waals surface area contributed by atoms with Crippen LogP contribution in [0.15, 0.2) is 12.3 Å². The van der Waals surface area contributed by atoms with Gasteiger partial charge in [0.05, 0.1) is 10.6 Å². The van der Waals surface area contributed by atoms with E-state index in [-0.39, 0.29) is 10.6 Å². The number of anilines is 1. The van der Waals surface area contributed by atoms with E-state index in [1.165, 1.54) is 12.3 Å². The molecule has 0 saturated carbocycles. The van der Waals surface area contributed by atoms with Crippen molar-refractivity contribution in [1.29, 1.82) is 0 Å². The summed E-state index contributed by atoms with van der Waals surface area (Å²) in [6.07, 6.45) is 3.49. The second kappa shape index (κ2) is 5.56. The summed E-state index contributed by atoms with van der Waals surface area (Å²) in [7, 11) is 0. The van der Waals surface area contributed by atoms with Gasteiger partial charge in [-0.1, -0.05) is 24.9 Å². The van der Waals surface area contributed by atoms with Gasteiger partial charge in [0.25, 0.3) is 0 Å². The Bertz CT molecular complexity index is 355. The summed E-state index contributed by atoms with van der Waals surface area (Å²) < 4.78 is 0. The molecule has 0 aromatic carbocycles. The van der Waals surface area contributed by atoms with Gasteiger partial charge < -0.3 is 10.4 Å². The fourth-order valence-corrected chi connectivity index (χ4v) is 1.38. The number of pyridine rings is 1. The Labute approximate surface area is 93.3 Å². The lowest BCUT2D eigenvalue weighted by molar-refractivity contribution is 0.0697. The molecule has 0 bridgehead atoms. The van der Waals surface area contributed by atoms with E-state index in [4.69, 9.17) is 16.7 Å². The first-order valence-corrected chi connectivity index (χ1v) is 5.16. The van der Waals surface area contributed by atoms with Crippen molar-refractivity contribution in [3.8, 4) is 0 Å². The lowest BCUT2D eigenvalue weighted by Crippen LogP contribution is -2.06. The molecule has 0 aliphatic heterocycles. The first-order valence-electron chi connectivity index (χ1n) is 4.78. The molecular weight excluding hydrogens is 216 g/mol. The standard InChI is InChI=1S/C10H13ClN2O2/c1-2-3-5-12-9-8(11)7(10(14)15)4-6-13-9/h4,6H,2-3,5H2,1H3,(H,12,13)(H,14,15). The summed E-state index contributed by atoms with van der Waals surface area (Å²) in [5, 5.41) is 12.0.